The number of hydrogen-bond donors (Lipinski definition) is 12. The molecule has 0 aromatic rings. The third-order valence-corrected chi connectivity index (χ3v) is 16.0. The van der Waals surface area contributed by atoms with Gasteiger partial charge in [0.25, 0.3) is 0 Å². The Hall–Kier alpha value is 0.900. The lowest BCUT2D eigenvalue weighted by Gasteiger charge is -2.51. The second kappa shape index (κ2) is 11.4. The first kappa shape index (κ1) is 36.9. The lowest BCUT2D eigenvalue weighted by atomic mass is 9.79. The molecule has 0 radical (unpaired) electrons. The summed E-state index contributed by atoms with van der Waals surface area (Å²) in [5.74, 6) is -3.20. The van der Waals surface area contributed by atoms with Crippen LogP contribution in [0, 0.1) is 11.8 Å². The van der Waals surface area contributed by atoms with E-state index in [1.54, 1.807) is 0 Å². The Labute approximate surface area is 205 Å². The van der Waals surface area contributed by atoms with Gasteiger partial charge >= 0.3 is 45.6 Å². The highest BCUT2D eigenvalue weighted by atomic mass is 31.2. The zero-order valence-electron chi connectivity index (χ0n) is 19.2. The van der Waals surface area contributed by atoms with Gasteiger partial charge in [0.2, 0.25) is 0 Å². The smallest absolute Gasteiger partial charge is 0.324 e. The van der Waals surface area contributed by atoms with Gasteiger partial charge in [0.15, 0.2) is 0 Å². The standard InChI is InChI=1S/C12H32O18P6/c1-6(2)12(7(3)4,36(28,29)30)11(35(25,26)27)10(34(22,23)24)9(33(19,20)21)8(32(16,17)18)5-31(13,14)15/h6-11H,5H2,1-4H3,(H2,13,14,15)(H2,16,17,18)(H2,19,20,21)(H2,22,23,24)(H2,25,26,27)(H2,28,29,30). The van der Waals surface area contributed by atoms with Crippen molar-refractivity contribution in [1.29, 1.82) is 0 Å². The minimum absolute atomic E-state index is 0.973. The molecule has 24 heteroatoms. The molecular weight excluding hydrogens is 618 g/mol. The fraction of sp³-hybridized carbons (Fsp3) is 1.00. The largest absolute Gasteiger partial charge is 0.333 e. The van der Waals surface area contributed by atoms with Gasteiger partial charge in [-0.15, -0.1) is 0 Å². The minimum atomic E-state index is -6.44. The Bertz CT molecular complexity index is 1060. The summed E-state index contributed by atoms with van der Waals surface area (Å²) in [7, 11) is -36.9. The maximum atomic E-state index is 12.7. The van der Waals surface area contributed by atoms with E-state index in [0.29, 0.717) is 0 Å². The second-order valence-electron chi connectivity index (χ2n) is 8.94. The summed E-state index contributed by atoms with van der Waals surface area (Å²) < 4.78 is 74.2. The molecule has 0 bridgehead atoms. The first-order chi connectivity index (χ1) is 15.3. The monoisotopic (exact) mass is 650 g/mol. The topological polar surface area (TPSA) is 345 Å². The van der Waals surface area contributed by atoms with Gasteiger partial charge in [-0.3, -0.25) is 27.4 Å². The summed E-state index contributed by atoms with van der Waals surface area (Å²) >= 11 is 0. The SMILES string of the molecule is CC(C)C(C(C)C)(C(C(C(C(CP(=O)(O)O)P(=O)(O)O)P(=O)(O)O)P(=O)(O)O)P(=O)(O)O)P(=O)(O)O. The van der Waals surface area contributed by atoms with E-state index in [1.165, 1.54) is 0 Å². The van der Waals surface area contributed by atoms with Gasteiger partial charge in [0, 0.05) is 0 Å². The van der Waals surface area contributed by atoms with E-state index in [9.17, 15) is 86.1 Å². The molecule has 218 valence electrons. The minimum Gasteiger partial charge on any atom is -0.324 e. The molecule has 18 nitrogen and oxygen atoms in total. The third kappa shape index (κ3) is 8.45. The first-order valence-electron chi connectivity index (χ1n) is 9.65. The Balaban J connectivity index is 8.27. The van der Waals surface area contributed by atoms with Crippen molar-refractivity contribution in [2.24, 2.45) is 11.8 Å². The van der Waals surface area contributed by atoms with Crippen LogP contribution in [0.4, 0.5) is 0 Å². The van der Waals surface area contributed by atoms with Crippen LogP contribution in [0.5, 0.6) is 0 Å². The zero-order valence-corrected chi connectivity index (χ0v) is 24.5. The highest BCUT2D eigenvalue weighted by Gasteiger charge is 2.71. The Kier molecular flexibility index (Phi) is 11.7. The van der Waals surface area contributed by atoms with Crippen LogP contribution in [0.1, 0.15) is 27.7 Å². The molecular formula is C12H32O18P6. The lowest BCUT2D eigenvalue weighted by Crippen LogP contribution is -2.59. The van der Waals surface area contributed by atoms with Crippen molar-refractivity contribution in [2.75, 3.05) is 6.16 Å². The number of hydrogen-bond acceptors (Lipinski definition) is 6. The summed E-state index contributed by atoms with van der Waals surface area (Å²) in [6.45, 7) is 3.89. The van der Waals surface area contributed by atoms with E-state index >= 15 is 0 Å². The van der Waals surface area contributed by atoms with Gasteiger partial charge in [-0.25, -0.2) is 0 Å². The van der Waals surface area contributed by atoms with Gasteiger partial charge in [-0.05, 0) is 11.8 Å². The van der Waals surface area contributed by atoms with Crippen LogP contribution in [-0.2, 0) is 27.4 Å². The van der Waals surface area contributed by atoms with Gasteiger partial charge in [-0.2, -0.15) is 0 Å². The highest BCUT2D eigenvalue weighted by Crippen LogP contribution is 2.74. The predicted octanol–water partition coefficient (Wildman–Crippen LogP) is -0.422. The molecule has 0 aromatic heterocycles. The van der Waals surface area contributed by atoms with Crippen LogP contribution in [0.25, 0.3) is 0 Å². The van der Waals surface area contributed by atoms with Crippen LogP contribution >= 0.6 is 45.6 Å². The van der Waals surface area contributed by atoms with Crippen LogP contribution in [-0.4, -0.2) is 92.7 Å². The first-order valence-corrected chi connectivity index (χ1v) is 19.8. The van der Waals surface area contributed by atoms with Gasteiger partial charge in [0.05, 0.1) is 34.0 Å². The van der Waals surface area contributed by atoms with E-state index in [0.717, 1.165) is 27.7 Å². The average molecular weight is 650 g/mol. The lowest BCUT2D eigenvalue weighted by molar-refractivity contribution is 0.197. The molecule has 0 aliphatic carbocycles. The quantitative estimate of drug-likeness (QED) is 0.113. The van der Waals surface area contributed by atoms with E-state index in [1.807, 2.05) is 0 Å². The molecule has 0 aliphatic heterocycles. The zero-order chi connectivity index (χ0) is 29.7. The van der Waals surface area contributed by atoms with Gasteiger partial charge in [-0.1, -0.05) is 27.7 Å². The van der Waals surface area contributed by atoms with Crippen molar-refractivity contribution in [3.8, 4) is 0 Å². The van der Waals surface area contributed by atoms with Crippen molar-refractivity contribution in [2.45, 2.75) is 55.5 Å². The maximum Gasteiger partial charge on any atom is 0.333 e. The molecule has 0 saturated heterocycles. The Morgan fingerprint density at radius 2 is 0.861 bits per heavy atom. The van der Waals surface area contributed by atoms with Gasteiger partial charge < -0.3 is 58.7 Å². The second-order valence-corrected chi connectivity index (χ2v) is 19.6. The van der Waals surface area contributed by atoms with E-state index < -0.39 is 91.4 Å². The highest BCUT2D eigenvalue weighted by molar-refractivity contribution is 7.63. The molecule has 4 atom stereocenters. The molecule has 0 heterocycles. The van der Waals surface area contributed by atoms with Crippen molar-refractivity contribution >= 4 is 45.6 Å². The van der Waals surface area contributed by atoms with Gasteiger partial charge in [0.1, 0.15) is 0 Å². The molecule has 0 fully saturated rings. The van der Waals surface area contributed by atoms with Crippen LogP contribution in [0.2, 0.25) is 0 Å². The van der Waals surface area contributed by atoms with E-state index in [-0.39, 0.29) is 0 Å². The van der Waals surface area contributed by atoms with Crippen molar-refractivity contribution < 1.29 is 86.1 Å². The Morgan fingerprint density at radius 1 is 0.528 bits per heavy atom. The summed E-state index contributed by atoms with van der Waals surface area (Å²) in [6, 6.07) is 0. The fourth-order valence-electron chi connectivity index (χ4n) is 4.81. The van der Waals surface area contributed by atoms with Crippen LogP contribution < -0.4 is 0 Å². The normalized spacial score (nSPS) is 18.8. The average Bonchev–Trinajstić information content (AvgIpc) is 2.48. The Morgan fingerprint density at radius 3 is 1.03 bits per heavy atom. The third-order valence-electron chi connectivity index (χ3n) is 5.89. The molecule has 4 unspecified atom stereocenters. The van der Waals surface area contributed by atoms with Crippen molar-refractivity contribution in [3.63, 3.8) is 0 Å². The molecule has 0 aliphatic rings. The van der Waals surface area contributed by atoms with E-state index in [4.69, 9.17) is 0 Å². The fourth-order valence-corrected chi connectivity index (χ4v) is 18.1. The molecule has 0 amide bonds. The maximum absolute atomic E-state index is 12.7. The summed E-state index contributed by atoms with van der Waals surface area (Å²) in [6.07, 6.45) is -2.11. The molecule has 36 heavy (non-hydrogen) atoms. The van der Waals surface area contributed by atoms with Crippen LogP contribution in [0.3, 0.4) is 0 Å². The summed E-state index contributed by atoms with van der Waals surface area (Å²) in [5, 5.41) is -3.17. The van der Waals surface area contributed by atoms with Crippen LogP contribution in [0.15, 0.2) is 0 Å². The predicted molar refractivity (Wildman–Crippen MR) is 125 cm³/mol. The van der Waals surface area contributed by atoms with Crippen molar-refractivity contribution in [1.82, 2.24) is 0 Å². The summed E-state index contributed by atoms with van der Waals surface area (Å²) in [4.78, 5) is 119. The molecule has 0 rings (SSSR count). The molecule has 0 saturated carbocycles. The molecule has 12 N–H and O–H groups in total. The number of rotatable bonds is 13. The molecule has 0 aromatic carbocycles. The molecule has 0 spiro atoms. The van der Waals surface area contributed by atoms with E-state index in [2.05, 4.69) is 0 Å². The summed E-state index contributed by atoms with van der Waals surface area (Å²) in [5.41, 5.74) is -13.8. The van der Waals surface area contributed by atoms with Crippen molar-refractivity contribution in [3.05, 3.63) is 0 Å².